The molecule has 0 aliphatic carbocycles. The van der Waals surface area contributed by atoms with Gasteiger partial charge in [-0.05, 0) is 18.6 Å². The lowest BCUT2D eigenvalue weighted by Crippen LogP contribution is -2.13. The number of para-hydroxylation sites is 1. The molecule has 1 aromatic carbocycles. The van der Waals surface area contributed by atoms with E-state index in [4.69, 9.17) is 0 Å². The second kappa shape index (κ2) is 5.88. The van der Waals surface area contributed by atoms with E-state index in [1.165, 1.54) is 0 Å². The Morgan fingerprint density at radius 3 is 2.75 bits per heavy atom. The maximum Gasteiger partial charge on any atom is 0.208 e. The lowest BCUT2D eigenvalue weighted by molar-refractivity contribution is 0.728. The van der Waals surface area contributed by atoms with E-state index in [0.29, 0.717) is 0 Å². The second-order valence-corrected chi connectivity index (χ2v) is 5.36. The van der Waals surface area contributed by atoms with Crippen LogP contribution in [-0.2, 0) is 0 Å². The summed E-state index contributed by atoms with van der Waals surface area (Å²) in [5.41, 5.74) is 1.10. The zero-order chi connectivity index (χ0) is 13.8. The lowest BCUT2D eigenvalue weighted by atomic mass is 10.2. The van der Waals surface area contributed by atoms with Crippen LogP contribution in [0.3, 0.4) is 0 Å². The molecule has 3 rings (SSSR count). The van der Waals surface area contributed by atoms with E-state index < -0.39 is 0 Å². The van der Waals surface area contributed by atoms with Crippen molar-refractivity contribution < 1.29 is 0 Å². The van der Waals surface area contributed by atoms with Crippen molar-refractivity contribution in [2.24, 2.45) is 0 Å². The Balaban J connectivity index is 1.87. The van der Waals surface area contributed by atoms with Gasteiger partial charge in [0.15, 0.2) is 0 Å². The number of aromatic nitrogens is 3. The lowest BCUT2D eigenvalue weighted by Gasteiger charge is -2.16. The van der Waals surface area contributed by atoms with Crippen LogP contribution in [0.2, 0.25) is 0 Å². The first-order valence-corrected chi connectivity index (χ1v) is 7.51. The predicted molar refractivity (Wildman–Crippen MR) is 82.3 cm³/mol. The van der Waals surface area contributed by atoms with Crippen LogP contribution in [-0.4, -0.2) is 14.5 Å². The largest absolute Gasteiger partial charge is 0.346 e. The molecule has 1 N–H and O–H groups in total. The molecule has 0 aliphatic heterocycles. The van der Waals surface area contributed by atoms with Crippen molar-refractivity contribution in [1.82, 2.24) is 14.5 Å². The molecule has 102 valence electrons. The molecule has 0 saturated carbocycles. The molecular formula is C15H16N4S. The van der Waals surface area contributed by atoms with Crippen LogP contribution in [0.15, 0.2) is 54.3 Å². The molecular weight excluding hydrogens is 268 g/mol. The molecule has 1 unspecified atom stereocenters. The van der Waals surface area contributed by atoms with E-state index in [0.717, 1.165) is 23.1 Å². The summed E-state index contributed by atoms with van der Waals surface area (Å²) in [6.45, 7) is 2.15. The maximum absolute atomic E-state index is 4.42. The van der Waals surface area contributed by atoms with Crippen LogP contribution in [0.4, 0.5) is 5.95 Å². The van der Waals surface area contributed by atoms with Gasteiger partial charge in [0.2, 0.25) is 5.95 Å². The smallest absolute Gasteiger partial charge is 0.208 e. The monoisotopic (exact) mass is 284 g/mol. The topological polar surface area (TPSA) is 42.7 Å². The number of benzene rings is 1. The van der Waals surface area contributed by atoms with Crippen molar-refractivity contribution in [2.45, 2.75) is 19.4 Å². The molecule has 2 aromatic heterocycles. The molecule has 0 aliphatic rings. The highest BCUT2D eigenvalue weighted by Gasteiger charge is 2.14. The summed E-state index contributed by atoms with van der Waals surface area (Å²) in [5.74, 6) is 0.846. The molecule has 3 aromatic rings. The first-order chi connectivity index (χ1) is 9.88. The van der Waals surface area contributed by atoms with Crippen LogP contribution in [0.25, 0.3) is 5.69 Å². The van der Waals surface area contributed by atoms with Gasteiger partial charge in [-0.25, -0.2) is 9.97 Å². The highest BCUT2D eigenvalue weighted by molar-refractivity contribution is 7.09. The van der Waals surface area contributed by atoms with E-state index in [1.807, 2.05) is 42.2 Å². The number of rotatable bonds is 5. The summed E-state index contributed by atoms with van der Waals surface area (Å²) < 4.78 is 2.05. The highest BCUT2D eigenvalue weighted by Crippen LogP contribution is 2.24. The van der Waals surface area contributed by atoms with Gasteiger partial charge in [0, 0.05) is 29.7 Å². The van der Waals surface area contributed by atoms with Crippen molar-refractivity contribution in [2.75, 3.05) is 5.32 Å². The molecule has 0 spiro atoms. The minimum Gasteiger partial charge on any atom is -0.346 e. The fraction of sp³-hybridized carbons (Fsp3) is 0.200. The highest BCUT2D eigenvalue weighted by atomic mass is 32.1. The van der Waals surface area contributed by atoms with Crippen molar-refractivity contribution >= 4 is 17.3 Å². The fourth-order valence-corrected chi connectivity index (χ4v) is 2.88. The molecule has 0 saturated heterocycles. The van der Waals surface area contributed by atoms with Crippen LogP contribution >= 0.6 is 11.3 Å². The predicted octanol–water partition coefficient (Wildman–Crippen LogP) is 3.89. The van der Waals surface area contributed by atoms with Gasteiger partial charge in [-0.15, -0.1) is 11.3 Å². The molecule has 0 fully saturated rings. The van der Waals surface area contributed by atoms with E-state index in [1.54, 1.807) is 11.3 Å². The molecule has 1 atom stereocenters. The minimum absolute atomic E-state index is 0.194. The standard InChI is InChI=1S/C15H16N4S/c1-2-13(14-16-9-11-20-14)18-15-17-8-10-19(15)12-6-4-3-5-7-12/h3-11,13H,2H2,1H3,(H,17,18). The molecule has 4 nitrogen and oxygen atoms in total. The Labute approximate surface area is 122 Å². The van der Waals surface area contributed by atoms with Gasteiger partial charge >= 0.3 is 0 Å². The van der Waals surface area contributed by atoms with Crippen molar-refractivity contribution in [3.63, 3.8) is 0 Å². The van der Waals surface area contributed by atoms with Gasteiger partial charge in [0.05, 0.1) is 6.04 Å². The van der Waals surface area contributed by atoms with Crippen LogP contribution in [0.5, 0.6) is 0 Å². The maximum atomic E-state index is 4.42. The number of nitrogens with one attached hydrogen (secondary N) is 1. The minimum atomic E-state index is 0.194. The number of thiazole rings is 1. The summed E-state index contributed by atoms with van der Waals surface area (Å²) in [5, 5.41) is 6.57. The summed E-state index contributed by atoms with van der Waals surface area (Å²) in [7, 11) is 0. The fourth-order valence-electron chi connectivity index (χ4n) is 2.11. The summed E-state index contributed by atoms with van der Waals surface area (Å²) in [6, 6.07) is 10.4. The Hall–Kier alpha value is -2.14. The van der Waals surface area contributed by atoms with Gasteiger partial charge in [-0.2, -0.15) is 0 Å². The number of imidazole rings is 1. The van der Waals surface area contributed by atoms with Gasteiger partial charge in [-0.1, -0.05) is 25.1 Å². The van der Waals surface area contributed by atoms with E-state index in [-0.39, 0.29) is 6.04 Å². The Kier molecular flexibility index (Phi) is 3.78. The number of anilines is 1. The van der Waals surface area contributed by atoms with Crippen LogP contribution in [0, 0.1) is 0 Å². The molecule has 0 amide bonds. The molecule has 5 heteroatoms. The number of nitrogens with zero attached hydrogens (tertiary/aromatic N) is 3. The molecule has 0 bridgehead atoms. The van der Waals surface area contributed by atoms with Gasteiger partial charge in [0.1, 0.15) is 5.01 Å². The zero-order valence-corrected chi connectivity index (χ0v) is 12.0. The molecule has 2 heterocycles. The van der Waals surface area contributed by atoms with Gasteiger partial charge in [-0.3, -0.25) is 4.57 Å². The molecule has 0 radical (unpaired) electrons. The average molecular weight is 284 g/mol. The van der Waals surface area contributed by atoms with E-state index in [9.17, 15) is 0 Å². The first kappa shape index (κ1) is 12.9. The van der Waals surface area contributed by atoms with Crippen LogP contribution in [0.1, 0.15) is 24.4 Å². The number of hydrogen-bond acceptors (Lipinski definition) is 4. The van der Waals surface area contributed by atoms with Gasteiger partial charge < -0.3 is 5.32 Å². The van der Waals surface area contributed by atoms with E-state index in [2.05, 4.69) is 38.9 Å². The third-order valence-corrected chi connectivity index (χ3v) is 4.03. The van der Waals surface area contributed by atoms with Gasteiger partial charge in [0.25, 0.3) is 0 Å². The summed E-state index contributed by atoms with van der Waals surface area (Å²) >= 11 is 1.67. The zero-order valence-electron chi connectivity index (χ0n) is 11.2. The summed E-state index contributed by atoms with van der Waals surface area (Å²) in [6.07, 6.45) is 6.58. The second-order valence-electron chi connectivity index (χ2n) is 4.43. The van der Waals surface area contributed by atoms with Crippen LogP contribution < -0.4 is 5.32 Å². The van der Waals surface area contributed by atoms with E-state index >= 15 is 0 Å². The summed E-state index contributed by atoms with van der Waals surface area (Å²) in [4.78, 5) is 8.81. The average Bonchev–Trinajstić information content (AvgIpc) is 3.17. The van der Waals surface area contributed by atoms with Crippen molar-refractivity contribution in [3.05, 3.63) is 59.3 Å². The van der Waals surface area contributed by atoms with Crippen molar-refractivity contribution in [3.8, 4) is 5.69 Å². The normalized spacial score (nSPS) is 12.2. The Bertz CT molecular complexity index is 646. The third-order valence-electron chi connectivity index (χ3n) is 3.14. The third kappa shape index (κ3) is 2.58. The Morgan fingerprint density at radius 2 is 2.05 bits per heavy atom. The molecule has 20 heavy (non-hydrogen) atoms. The quantitative estimate of drug-likeness (QED) is 0.773. The Morgan fingerprint density at radius 1 is 1.20 bits per heavy atom. The SMILES string of the molecule is CCC(Nc1nccn1-c1ccccc1)c1nccs1. The first-order valence-electron chi connectivity index (χ1n) is 6.63. The number of hydrogen-bond donors (Lipinski definition) is 1. The van der Waals surface area contributed by atoms with Crippen molar-refractivity contribution in [1.29, 1.82) is 0 Å².